The summed E-state index contributed by atoms with van der Waals surface area (Å²) >= 11 is 9.54. The van der Waals surface area contributed by atoms with E-state index in [1.54, 1.807) is 6.07 Å². The van der Waals surface area contributed by atoms with Crippen molar-refractivity contribution in [1.29, 1.82) is 0 Å². The Labute approximate surface area is 176 Å². The molecule has 1 saturated carbocycles. The van der Waals surface area contributed by atoms with Crippen LogP contribution in [0.25, 0.3) is 11.0 Å². The lowest BCUT2D eigenvalue weighted by Gasteiger charge is -2.28. The van der Waals surface area contributed by atoms with Gasteiger partial charge in [0, 0.05) is 27.1 Å². The van der Waals surface area contributed by atoms with Crippen molar-refractivity contribution in [3.63, 3.8) is 0 Å². The summed E-state index contributed by atoms with van der Waals surface area (Å²) in [6, 6.07) is 11.4. The molecule has 0 bridgehead atoms. The molecule has 0 aliphatic heterocycles. The SMILES string of the molecule is Cc1cc(NC(=O)[C@H]2CC[C@@H](n3c(=O)[nH]c4c(Br)cccc43)CC2)ccc1Cl. The molecule has 0 unspecified atom stereocenters. The van der Waals surface area contributed by atoms with Crippen LogP contribution in [0.3, 0.4) is 0 Å². The number of imidazole rings is 1. The Morgan fingerprint density at radius 1 is 1.21 bits per heavy atom. The van der Waals surface area contributed by atoms with Crippen LogP contribution in [0, 0.1) is 12.8 Å². The van der Waals surface area contributed by atoms with Gasteiger partial charge in [-0.3, -0.25) is 9.36 Å². The number of anilines is 1. The zero-order valence-electron chi connectivity index (χ0n) is 15.5. The summed E-state index contributed by atoms with van der Waals surface area (Å²) in [4.78, 5) is 28.1. The standard InChI is InChI=1S/C21H21BrClN3O2/c1-12-11-14(7-10-17(12)23)24-20(27)13-5-8-15(9-6-13)26-18-4-2-3-16(22)19(18)25-21(26)28/h2-4,7,10-11,13,15H,5-6,8-9H2,1H3,(H,24,27)(H,25,28)/t13-,15+. The van der Waals surface area contributed by atoms with Crippen molar-refractivity contribution < 1.29 is 4.79 Å². The largest absolute Gasteiger partial charge is 0.326 e. The molecule has 1 aromatic heterocycles. The fourth-order valence-corrected chi connectivity index (χ4v) is 4.61. The number of fused-ring (bicyclic) bond motifs is 1. The van der Waals surface area contributed by atoms with E-state index in [9.17, 15) is 9.59 Å². The maximum absolute atomic E-state index is 12.7. The van der Waals surface area contributed by atoms with Crippen molar-refractivity contribution in [2.45, 2.75) is 38.6 Å². The third-order valence-electron chi connectivity index (χ3n) is 5.56. The van der Waals surface area contributed by atoms with Crippen LogP contribution in [-0.4, -0.2) is 15.5 Å². The minimum atomic E-state index is -0.0913. The number of benzene rings is 2. The van der Waals surface area contributed by atoms with E-state index in [-0.39, 0.29) is 23.6 Å². The maximum Gasteiger partial charge on any atom is 0.326 e. The molecular formula is C21H21BrClN3O2. The fourth-order valence-electron chi connectivity index (χ4n) is 4.04. The first kappa shape index (κ1) is 19.3. The Balaban J connectivity index is 1.45. The van der Waals surface area contributed by atoms with E-state index < -0.39 is 0 Å². The van der Waals surface area contributed by atoms with Gasteiger partial charge in [-0.15, -0.1) is 0 Å². The number of aromatic amines is 1. The van der Waals surface area contributed by atoms with Gasteiger partial charge in [-0.25, -0.2) is 4.79 Å². The number of carbonyl (C=O) groups is 1. The van der Waals surface area contributed by atoms with Crippen molar-refractivity contribution in [3.05, 3.63) is 61.9 Å². The topological polar surface area (TPSA) is 66.9 Å². The summed E-state index contributed by atoms with van der Waals surface area (Å²) in [5.74, 6) is -0.00549. The minimum Gasteiger partial charge on any atom is -0.326 e. The van der Waals surface area contributed by atoms with Crippen molar-refractivity contribution in [3.8, 4) is 0 Å². The summed E-state index contributed by atoms with van der Waals surface area (Å²) in [5, 5.41) is 3.69. The Bertz CT molecular complexity index is 1100. The van der Waals surface area contributed by atoms with Crippen molar-refractivity contribution in [2.75, 3.05) is 5.32 Å². The van der Waals surface area contributed by atoms with Gasteiger partial charge in [0.2, 0.25) is 5.91 Å². The van der Waals surface area contributed by atoms with Crippen molar-refractivity contribution in [1.82, 2.24) is 9.55 Å². The number of hydrogen-bond acceptors (Lipinski definition) is 2. The minimum absolute atomic E-state index is 0.0363. The summed E-state index contributed by atoms with van der Waals surface area (Å²) in [7, 11) is 0. The Kier molecular flexibility index (Phi) is 5.34. The number of nitrogens with one attached hydrogen (secondary N) is 2. The molecule has 2 N–H and O–H groups in total. The predicted octanol–water partition coefficient (Wildman–Crippen LogP) is 5.42. The van der Waals surface area contributed by atoms with Gasteiger partial charge in [0.05, 0.1) is 11.0 Å². The zero-order chi connectivity index (χ0) is 19.8. The first-order chi connectivity index (χ1) is 13.4. The average Bonchev–Trinajstić information content (AvgIpc) is 3.02. The van der Waals surface area contributed by atoms with Crippen LogP contribution in [0.5, 0.6) is 0 Å². The van der Waals surface area contributed by atoms with Crippen LogP contribution in [0.2, 0.25) is 5.02 Å². The number of H-pyrrole nitrogens is 1. The molecule has 0 spiro atoms. The first-order valence-electron chi connectivity index (χ1n) is 9.40. The molecular weight excluding hydrogens is 442 g/mol. The molecule has 2 aromatic carbocycles. The van der Waals surface area contributed by atoms with Crippen molar-refractivity contribution >= 4 is 50.2 Å². The summed E-state index contributed by atoms with van der Waals surface area (Å²) in [5.41, 5.74) is 3.35. The highest BCUT2D eigenvalue weighted by atomic mass is 79.9. The highest BCUT2D eigenvalue weighted by molar-refractivity contribution is 9.10. The molecule has 5 nitrogen and oxygen atoms in total. The third kappa shape index (κ3) is 3.63. The first-order valence-corrected chi connectivity index (χ1v) is 10.6. The molecule has 28 heavy (non-hydrogen) atoms. The number of amides is 1. The van der Waals surface area contributed by atoms with E-state index in [1.807, 2.05) is 41.8 Å². The van der Waals surface area contributed by atoms with Gasteiger partial charge < -0.3 is 10.3 Å². The number of halogens is 2. The highest BCUT2D eigenvalue weighted by Gasteiger charge is 2.29. The summed E-state index contributed by atoms with van der Waals surface area (Å²) in [6.45, 7) is 1.92. The van der Waals surface area contributed by atoms with Gasteiger partial charge in [0.15, 0.2) is 0 Å². The average molecular weight is 463 g/mol. The monoisotopic (exact) mass is 461 g/mol. The molecule has 0 radical (unpaired) electrons. The Morgan fingerprint density at radius 3 is 2.68 bits per heavy atom. The second kappa shape index (κ2) is 7.76. The van der Waals surface area contributed by atoms with Gasteiger partial charge in [-0.2, -0.15) is 0 Å². The third-order valence-corrected chi connectivity index (χ3v) is 6.64. The van der Waals surface area contributed by atoms with E-state index >= 15 is 0 Å². The van der Waals surface area contributed by atoms with E-state index in [1.165, 1.54) is 0 Å². The molecule has 3 aromatic rings. The van der Waals surface area contributed by atoms with E-state index in [0.717, 1.165) is 52.4 Å². The maximum atomic E-state index is 12.7. The second-order valence-corrected chi connectivity index (χ2v) is 8.65. The van der Waals surface area contributed by atoms with E-state index in [2.05, 4.69) is 26.2 Å². The molecule has 0 saturated heterocycles. The number of hydrogen-bond donors (Lipinski definition) is 2. The van der Waals surface area contributed by atoms with Crippen LogP contribution < -0.4 is 11.0 Å². The fraction of sp³-hybridized carbons (Fsp3) is 0.333. The number of para-hydroxylation sites is 1. The molecule has 146 valence electrons. The lowest BCUT2D eigenvalue weighted by molar-refractivity contribution is -0.121. The molecule has 1 fully saturated rings. The van der Waals surface area contributed by atoms with E-state index in [0.29, 0.717) is 5.02 Å². The Hall–Kier alpha value is -2.05. The van der Waals surface area contributed by atoms with Crippen LogP contribution in [0.4, 0.5) is 5.69 Å². The summed E-state index contributed by atoms with van der Waals surface area (Å²) in [6.07, 6.45) is 3.13. The van der Waals surface area contributed by atoms with Gasteiger partial charge in [-0.05, 0) is 84.4 Å². The van der Waals surface area contributed by atoms with E-state index in [4.69, 9.17) is 11.6 Å². The predicted molar refractivity (Wildman–Crippen MR) is 116 cm³/mol. The number of rotatable bonds is 3. The Morgan fingerprint density at radius 2 is 1.96 bits per heavy atom. The smallest absolute Gasteiger partial charge is 0.326 e. The van der Waals surface area contributed by atoms with Crippen molar-refractivity contribution in [2.24, 2.45) is 5.92 Å². The zero-order valence-corrected chi connectivity index (χ0v) is 17.8. The molecule has 1 aliphatic rings. The number of aryl methyl sites for hydroxylation is 1. The lowest BCUT2D eigenvalue weighted by atomic mass is 9.85. The van der Waals surface area contributed by atoms with Crippen LogP contribution in [-0.2, 0) is 4.79 Å². The molecule has 0 atom stereocenters. The molecule has 1 heterocycles. The van der Waals surface area contributed by atoms with Crippen LogP contribution >= 0.6 is 27.5 Å². The number of aromatic nitrogens is 2. The summed E-state index contributed by atoms with van der Waals surface area (Å²) < 4.78 is 2.73. The second-order valence-electron chi connectivity index (χ2n) is 7.39. The quantitative estimate of drug-likeness (QED) is 0.545. The molecule has 1 amide bonds. The normalized spacial score (nSPS) is 19.7. The number of carbonyl (C=O) groups excluding carboxylic acids is 1. The van der Waals surface area contributed by atoms with Crippen LogP contribution in [0.1, 0.15) is 37.3 Å². The van der Waals surface area contributed by atoms with Gasteiger partial charge in [-0.1, -0.05) is 17.7 Å². The lowest BCUT2D eigenvalue weighted by Crippen LogP contribution is -2.31. The highest BCUT2D eigenvalue weighted by Crippen LogP contribution is 2.34. The molecule has 1 aliphatic carbocycles. The van der Waals surface area contributed by atoms with Gasteiger partial charge >= 0.3 is 5.69 Å². The van der Waals surface area contributed by atoms with Crippen LogP contribution in [0.15, 0.2) is 45.7 Å². The molecule has 7 heteroatoms. The van der Waals surface area contributed by atoms with Gasteiger partial charge in [0.25, 0.3) is 0 Å². The van der Waals surface area contributed by atoms with Gasteiger partial charge in [0.1, 0.15) is 0 Å². The number of nitrogens with zero attached hydrogens (tertiary/aromatic N) is 1. The molecule has 4 rings (SSSR count).